The van der Waals surface area contributed by atoms with Crippen molar-refractivity contribution in [2.75, 3.05) is 13.1 Å². The number of nitrogens with one attached hydrogen (secondary N) is 1. The van der Waals surface area contributed by atoms with Crippen LogP contribution in [0, 0.1) is 6.92 Å². The summed E-state index contributed by atoms with van der Waals surface area (Å²) < 4.78 is 2.07. The molecule has 1 N–H and O–H groups in total. The van der Waals surface area contributed by atoms with Crippen molar-refractivity contribution in [3.8, 4) is 0 Å². The van der Waals surface area contributed by atoms with E-state index in [1.807, 2.05) is 0 Å². The fourth-order valence-corrected chi connectivity index (χ4v) is 2.92. The van der Waals surface area contributed by atoms with E-state index in [2.05, 4.69) is 48.1 Å². The standard InChI is InChI=1S/C17H24N4/c1-3-21-16(12-14-6-4-13(2)5-7-14)19-17(20-21)15-8-10-18-11-9-15/h4-7,15,18H,3,8-12H2,1-2H3. The normalized spacial score (nSPS) is 16.3. The van der Waals surface area contributed by atoms with E-state index in [1.54, 1.807) is 0 Å². The van der Waals surface area contributed by atoms with Crippen molar-refractivity contribution >= 4 is 0 Å². The van der Waals surface area contributed by atoms with Crippen LogP contribution >= 0.6 is 0 Å². The highest BCUT2D eigenvalue weighted by atomic mass is 15.3. The van der Waals surface area contributed by atoms with Gasteiger partial charge in [0, 0.05) is 18.9 Å². The molecule has 1 saturated heterocycles. The molecule has 0 atom stereocenters. The van der Waals surface area contributed by atoms with E-state index in [0.29, 0.717) is 5.92 Å². The van der Waals surface area contributed by atoms with E-state index in [1.165, 1.54) is 11.1 Å². The third-order valence-electron chi connectivity index (χ3n) is 4.25. The van der Waals surface area contributed by atoms with Gasteiger partial charge in [-0.2, -0.15) is 5.10 Å². The number of hydrogen-bond donors (Lipinski definition) is 1. The van der Waals surface area contributed by atoms with Crippen molar-refractivity contribution in [1.82, 2.24) is 20.1 Å². The second kappa shape index (κ2) is 6.39. The van der Waals surface area contributed by atoms with Gasteiger partial charge in [0.1, 0.15) is 5.82 Å². The number of hydrogen-bond acceptors (Lipinski definition) is 3. The molecule has 4 nitrogen and oxygen atoms in total. The maximum Gasteiger partial charge on any atom is 0.154 e. The minimum atomic E-state index is 0.524. The molecule has 0 amide bonds. The fraction of sp³-hybridized carbons (Fsp3) is 0.529. The molecule has 0 bridgehead atoms. The van der Waals surface area contributed by atoms with Gasteiger partial charge in [0.25, 0.3) is 0 Å². The molecule has 0 aliphatic carbocycles. The second-order valence-electron chi connectivity index (χ2n) is 5.89. The molecule has 0 saturated carbocycles. The third-order valence-corrected chi connectivity index (χ3v) is 4.25. The fourth-order valence-electron chi connectivity index (χ4n) is 2.92. The van der Waals surface area contributed by atoms with Crippen molar-refractivity contribution in [3.63, 3.8) is 0 Å². The Balaban J connectivity index is 1.80. The molecule has 2 aromatic rings. The van der Waals surface area contributed by atoms with E-state index in [0.717, 1.165) is 50.5 Å². The van der Waals surface area contributed by atoms with E-state index in [9.17, 15) is 0 Å². The molecule has 1 aliphatic rings. The second-order valence-corrected chi connectivity index (χ2v) is 5.89. The van der Waals surface area contributed by atoms with Crippen LogP contribution in [0.15, 0.2) is 24.3 Å². The van der Waals surface area contributed by atoms with Gasteiger partial charge in [-0.05, 0) is 45.3 Å². The molecule has 4 heteroatoms. The van der Waals surface area contributed by atoms with Crippen molar-refractivity contribution in [2.24, 2.45) is 0 Å². The SMILES string of the molecule is CCn1nc(C2CCNCC2)nc1Cc1ccc(C)cc1. The molecule has 1 aliphatic heterocycles. The quantitative estimate of drug-likeness (QED) is 0.938. The molecule has 0 radical (unpaired) electrons. The lowest BCUT2D eigenvalue weighted by atomic mass is 9.98. The van der Waals surface area contributed by atoms with Crippen LogP contribution in [-0.2, 0) is 13.0 Å². The molecule has 1 fully saturated rings. The van der Waals surface area contributed by atoms with Crippen molar-refractivity contribution in [2.45, 2.75) is 45.6 Å². The van der Waals surface area contributed by atoms with E-state index in [4.69, 9.17) is 10.1 Å². The summed E-state index contributed by atoms with van der Waals surface area (Å²) in [5.74, 6) is 2.66. The first-order chi connectivity index (χ1) is 10.3. The zero-order chi connectivity index (χ0) is 14.7. The van der Waals surface area contributed by atoms with Gasteiger partial charge >= 0.3 is 0 Å². The average molecular weight is 284 g/mol. The summed E-state index contributed by atoms with van der Waals surface area (Å²) in [5.41, 5.74) is 2.60. The molecule has 2 heterocycles. The van der Waals surface area contributed by atoms with Crippen LogP contribution in [0.2, 0.25) is 0 Å². The highest BCUT2D eigenvalue weighted by Crippen LogP contribution is 2.23. The summed E-state index contributed by atoms with van der Waals surface area (Å²) in [6.45, 7) is 7.31. The molecule has 1 aromatic carbocycles. The molecule has 21 heavy (non-hydrogen) atoms. The van der Waals surface area contributed by atoms with Gasteiger partial charge < -0.3 is 5.32 Å². The van der Waals surface area contributed by atoms with Crippen molar-refractivity contribution in [3.05, 3.63) is 47.0 Å². The topological polar surface area (TPSA) is 42.7 Å². The molecule has 112 valence electrons. The Morgan fingerprint density at radius 2 is 1.90 bits per heavy atom. The maximum atomic E-state index is 4.85. The van der Waals surface area contributed by atoms with Crippen LogP contribution in [-0.4, -0.2) is 27.9 Å². The molecule has 3 rings (SSSR count). The van der Waals surface area contributed by atoms with Crippen LogP contribution in [0.25, 0.3) is 0 Å². The number of aromatic nitrogens is 3. The lowest BCUT2D eigenvalue weighted by molar-refractivity contribution is 0.442. The predicted octanol–water partition coefficient (Wildman–Crippen LogP) is 2.66. The number of rotatable bonds is 4. The summed E-state index contributed by atoms with van der Waals surface area (Å²) in [7, 11) is 0. The van der Waals surface area contributed by atoms with Crippen LogP contribution in [0.3, 0.4) is 0 Å². The zero-order valence-corrected chi connectivity index (χ0v) is 13.0. The lowest BCUT2D eigenvalue weighted by Crippen LogP contribution is -2.27. The minimum Gasteiger partial charge on any atom is -0.317 e. The lowest BCUT2D eigenvalue weighted by Gasteiger charge is -2.19. The van der Waals surface area contributed by atoms with Gasteiger partial charge in [-0.25, -0.2) is 9.67 Å². The van der Waals surface area contributed by atoms with Gasteiger partial charge in [-0.1, -0.05) is 29.8 Å². The molecular weight excluding hydrogens is 260 g/mol. The largest absolute Gasteiger partial charge is 0.317 e. The van der Waals surface area contributed by atoms with E-state index in [-0.39, 0.29) is 0 Å². The van der Waals surface area contributed by atoms with Gasteiger partial charge in [0.15, 0.2) is 5.82 Å². The Morgan fingerprint density at radius 1 is 1.19 bits per heavy atom. The van der Waals surface area contributed by atoms with Crippen LogP contribution < -0.4 is 5.32 Å². The van der Waals surface area contributed by atoms with E-state index >= 15 is 0 Å². The van der Waals surface area contributed by atoms with Crippen molar-refractivity contribution < 1.29 is 0 Å². The maximum absolute atomic E-state index is 4.85. The average Bonchev–Trinajstić information content (AvgIpc) is 2.93. The Morgan fingerprint density at radius 3 is 2.57 bits per heavy atom. The van der Waals surface area contributed by atoms with Crippen LogP contribution in [0.4, 0.5) is 0 Å². The first kappa shape index (κ1) is 14.3. The van der Waals surface area contributed by atoms with Crippen LogP contribution in [0.5, 0.6) is 0 Å². The van der Waals surface area contributed by atoms with Gasteiger partial charge in [-0.15, -0.1) is 0 Å². The van der Waals surface area contributed by atoms with Crippen molar-refractivity contribution in [1.29, 1.82) is 0 Å². The third kappa shape index (κ3) is 3.32. The minimum absolute atomic E-state index is 0.524. The number of nitrogens with zero attached hydrogens (tertiary/aromatic N) is 3. The first-order valence-corrected chi connectivity index (χ1v) is 7.96. The molecule has 0 spiro atoms. The summed E-state index contributed by atoms with van der Waals surface area (Å²) in [4.78, 5) is 4.85. The molecule has 1 aromatic heterocycles. The van der Waals surface area contributed by atoms with E-state index < -0.39 is 0 Å². The Labute approximate surface area is 126 Å². The summed E-state index contributed by atoms with van der Waals surface area (Å²) in [6, 6.07) is 8.70. The summed E-state index contributed by atoms with van der Waals surface area (Å²) >= 11 is 0. The summed E-state index contributed by atoms with van der Waals surface area (Å²) in [5, 5.41) is 8.15. The highest BCUT2D eigenvalue weighted by molar-refractivity contribution is 5.24. The number of benzene rings is 1. The highest BCUT2D eigenvalue weighted by Gasteiger charge is 2.21. The first-order valence-electron chi connectivity index (χ1n) is 7.96. The monoisotopic (exact) mass is 284 g/mol. The van der Waals surface area contributed by atoms with Gasteiger partial charge in [-0.3, -0.25) is 0 Å². The summed E-state index contributed by atoms with van der Waals surface area (Å²) in [6.07, 6.45) is 3.17. The zero-order valence-electron chi connectivity index (χ0n) is 13.0. The molecule has 0 unspecified atom stereocenters. The molecular formula is C17H24N4. The number of piperidine rings is 1. The smallest absolute Gasteiger partial charge is 0.154 e. The Bertz CT molecular complexity index is 579. The van der Waals surface area contributed by atoms with Gasteiger partial charge in [0.05, 0.1) is 0 Å². The number of aryl methyl sites for hydroxylation is 2. The van der Waals surface area contributed by atoms with Gasteiger partial charge in [0.2, 0.25) is 0 Å². The van der Waals surface area contributed by atoms with Crippen LogP contribution in [0.1, 0.15) is 48.5 Å². The Kier molecular flexibility index (Phi) is 4.34. The predicted molar refractivity (Wildman–Crippen MR) is 84.5 cm³/mol. The Hall–Kier alpha value is -1.68.